The first-order valence-corrected chi connectivity index (χ1v) is 10.2. The van der Waals surface area contributed by atoms with E-state index in [2.05, 4.69) is 51.5 Å². The monoisotopic (exact) mass is 491 g/mol. The smallest absolute Gasteiger partial charge is 0.230 e. The summed E-state index contributed by atoms with van der Waals surface area (Å²) >= 11 is 3.46. The Balaban J connectivity index is 1.39. The Morgan fingerprint density at radius 1 is 1.13 bits per heavy atom. The maximum absolute atomic E-state index is 13.5. The van der Waals surface area contributed by atoms with Crippen LogP contribution in [-0.4, -0.2) is 61.1 Å². The van der Waals surface area contributed by atoms with E-state index in [-0.39, 0.29) is 6.54 Å². The van der Waals surface area contributed by atoms with Gasteiger partial charge in [0.2, 0.25) is 11.9 Å². The summed E-state index contributed by atoms with van der Waals surface area (Å²) in [6, 6.07) is 3.54. The second kappa shape index (κ2) is 8.15. The van der Waals surface area contributed by atoms with Crippen molar-refractivity contribution in [3.05, 3.63) is 46.3 Å². The largest absolute Gasteiger partial charge is 0.378 e. The quantitative estimate of drug-likeness (QED) is 0.438. The van der Waals surface area contributed by atoms with E-state index in [1.165, 1.54) is 6.07 Å². The number of nitrogens with one attached hydrogen (secondary N) is 2. The Kier molecular flexibility index (Phi) is 5.19. The molecule has 1 aliphatic rings. The number of hydrogen-bond acceptors (Lipinski definition) is 8. The third-order valence-electron chi connectivity index (χ3n) is 4.75. The van der Waals surface area contributed by atoms with Crippen LogP contribution in [0.5, 0.6) is 0 Å². The van der Waals surface area contributed by atoms with Crippen molar-refractivity contribution >= 4 is 33.5 Å². The first kappa shape index (κ1) is 19.8. The normalized spacial score (nSPS) is 14.4. The number of ether oxygens (including phenoxy) is 1. The fraction of sp³-hybridized carbons (Fsp3) is 0.278. The molecule has 0 amide bonds. The van der Waals surface area contributed by atoms with Gasteiger partial charge in [-0.1, -0.05) is 0 Å². The zero-order valence-corrected chi connectivity index (χ0v) is 17.6. The number of morpholine rings is 1. The molecule has 1 aromatic carbocycles. The molecule has 0 saturated carbocycles. The molecule has 0 aliphatic carbocycles. The van der Waals surface area contributed by atoms with Gasteiger partial charge in [0, 0.05) is 18.7 Å². The molecule has 31 heavy (non-hydrogen) atoms. The fourth-order valence-corrected chi connectivity index (χ4v) is 3.52. The molecule has 4 aromatic rings. The zero-order chi connectivity index (χ0) is 21.4. The molecule has 0 bridgehead atoms. The van der Waals surface area contributed by atoms with Crippen LogP contribution in [-0.2, 0) is 11.3 Å². The summed E-state index contributed by atoms with van der Waals surface area (Å²) in [5, 5.41) is 15.6. The van der Waals surface area contributed by atoms with Crippen molar-refractivity contribution in [2.75, 3.05) is 36.5 Å². The van der Waals surface area contributed by atoms with Crippen LogP contribution in [0.4, 0.5) is 20.7 Å². The lowest BCUT2D eigenvalue weighted by Gasteiger charge is -2.27. The van der Waals surface area contributed by atoms with E-state index >= 15 is 0 Å². The molecule has 0 unspecified atom stereocenters. The number of halogens is 3. The number of rotatable bonds is 5. The van der Waals surface area contributed by atoms with Crippen molar-refractivity contribution in [3.8, 4) is 11.4 Å². The lowest BCUT2D eigenvalue weighted by atomic mass is 10.2. The van der Waals surface area contributed by atoms with E-state index in [1.54, 1.807) is 10.7 Å². The minimum Gasteiger partial charge on any atom is -0.378 e. The predicted octanol–water partition coefficient (Wildman–Crippen LogP) is 2.40. The van der Waals surface area contributed by atoms with Crippen molar-refractivity contribution in [3.63, 3.8) is 0 Å². The van der Waals surface area contributed by atoms with Gasteiger partial charge in [-0.25, -0.2) is 8.78 Å². The first-order valence-electron chi connectivity index (χ1n) is 9.43. The van der Waals surface area contributed by atoms with Crippen LogP contribution in [0.2, 0.25) is 0 Å². The maximum Gasteiger partial charge on any atom is 0.230 e. The highest BCUT2D eigenvalue weighted by Crippen LogP contribution is 2.23. The number of fused-ring (bicyclic) bond motifs is 1. The number of H-pyrrole nitrogens is 1. The van der Waals surface area contributed by atoms with Crippen molar-refractivity contribution < 1.29 is 13.5 Å². The topological polar surface area (TPSA) is 109 Å². The minimum absolute atomic E-state index is 0.253. The van der Waals surface area contributed by atoms with Gasteiger partial charge in [-0.15, -0.1) is 10.2 Å². The standard InChI is InChI=1S/C18H16BrF2N9O/c19-11-8-23-30-16(11)25-18(29-3-5-31-6-4-29)26-17(30)22-9-14-24-15(28-27-14)10-1-2-12(20)13(21)7-10/h1-2,7-8H,3-6,9H2,(H,22,25,26)(H,24,27,28). The number of hydrogen-bond donors (Lipinski definition) is 2. The van der Waals surface area contributed by atoms with Gasteiger partial charge in [0.15, 0.2) is 23.1 Å². The van der Waals surface area contributed by atoms with Gasteiger partial charge in [0.05, 0.1) is 30.4 Å². The molecule has 0 atom stereocenters. The predicted molar refractivity (Wildman–Crippen MR) is 111 cm³/mol. The van der Waals surface area contributed by atoms with Gasteiger partial charge in [-0.05, 0) is 34.1 Å². The highest BCUT2D eigenvalue weighted by atomic mass is 79.9. The van der Waals surface area contributed by atoms with Gasteiger partial charge in [-0.2, -0.15) is 19.6 Å². The van der Waals surface area contributed by atoms with Gasteiger partial charge in [-0.3, -0.25) is 0 Å². The number of aromatic nitrogens is 7. The molecule has 10 nitrogen and oxygen atoms in total. The summed E-state index contributed by atoms with van der Waals surface area (Å²) in [5.41, 5.74) is 1.02. The third-order valence-corrected chi connectivity index (χ3v) is 5.31. The Morgan fingerprint density at radius 3 is 2.77 bits per heavy atom. The molecule has 4 heterocycles. The lowest BCUT2D eigenvalue weighted by Crippen LogP contribution is -2.37. The van der Waals surface area contributed by atoms with E-state index in [4.69, 9.17) is 4.74 Å². The summed E-state index contributed by atoms with van der Waals surface area (Å²) in [6.07, 6.45) is 1.65. The van der Waals surface area contributed by atoms with Gasteiger partial charge < -0.3 is 19.9 Å². The Labute approximate surface area is 182 Å². The lowest BCUT2D eigenvalue weighted by molar-refractivity contribution is 0.122. The number of benzene rings is 1. The molecule has 1 aliphatic heterocycles. The molecule has 0 radical (unpaired) electrons. The summed E-state index contributed by atoms with van der Waals surface area (Å²) in [4.78, 5) is 14.3. The van der Waals surface area contributed by atoms with Crippen LogP contribution < -0.4 is 10.2 Å². The zero-order valence-electron chi connectivity index (χ0n) is 16.0. The highest BCUT2D eigenvalue weighted by molar-refractivity contribution is 9.10. The molecular weight excluding hydrogens is 476 g/mol. The van der Waals surface area contributed by atoms with Crippen LogP contribution >= 0.6 is 15.9 Å². The Morgan fingerprint density at radius 2 is 1.97 bits per heavy atom. The molecule has 0 spiro atoms. The van der Waals surface area contributed by atoms with Crippen LogP contribution in [0.25, 0.3) is 17.0 Å². The number of nitrogens with zero attached hydrogens (tertiary/aromatic N) is 7. The third kappa shape index (κ3) is 3.93. The van der Waals surface area contributed by atoms with E-state index < -0.39 is 11.6 Å². The van der Waals surface area contributed by atoms with Crippen molar-refractivity contribution in [2.45, 2.75) is 6.54 Å². The Hall–Kier alpha value is -3.19. The van der Waals surface area contributed by atoms with Crippen molar-refractivity contribution in [1.82, 2.24) is 34.8 Å². The Bertz CT molecular complexity index is 1240. The van der Waals surface area contributed by atoms with E-state index in [0.717, 1.165) is 16.6 Å². The summed E-state index contributed by atoms with van der Waals surface area (Å²) < 4.78 is 34.4. The average molecular weight is 492 g/mol. The van der Waals surface area contributed by atoms with Crippen LogP contribution in [0.15, 0.2) is 28.9 Å². The molecule has 5 rings (SSSR count). The molecular formula is C18H16BrF2N9O. The van der Waals surface area contributed by atoms with E-state index in [1.807, 2.05) is 4.90 Å². The average Bonchev–Trinajstić information content (AvgIpc) is 3.42. The fourth-order valence-electron chi connectivity index (χ4n) is 3.17. The summed E-state index contributed by atoms with van der Waals surface area (Å²) in [7, 11) is 0. The molecule has 13 heteroatoms. The minimum atomic E-state index is -0.947. The van der Waals surface area contributed by atoms with Gasteiger partial charge in [0.25, 0.3) is 0 Å². The number of aromatic amines is 1. The van der Waals surface area contributed by atoms with Gasteiger partial charge in [0.1, 0.15) is 5.82 Å². The van der Waals surface area contributed by atoms with E-state index in [9.17, 15) is 8.78 Å². The molecule has 1 saturated heterocycles. The van der Waals surface area contributed by atoms with Crippen LogP contribution in [0.1, 0.15) is 5.82 Å². The second-order valence-electron chi connectivity index (χ2n) is 6.78. The second-order valence-corrected chi connectivity index (χ2v) is 7.63. The van der Waals surface area contributed by atoms with Crippen LogP contribution in [0, 0.1) is 11.6 Å². The summed E-state index contributed by atoms with van der Waals surface area (Å²) in [5.74, 6) is 0.00349. The first-order chi connectivity index (χ1) is 15.1. The molecule has 1 fully saturated rings. The molecule has 160 valence electrons. The van der Waals surface area contributed by atoms with Crippen LogP contribution in [0.3, 0.4) is 0 Å². The number of anilines is 2. The van der Waals surface area contributed by atoms with Crippen molar-refractivity contribution in [2.24, 2.45) is 0 Å². The van der Waals surface area contributed by atoms with Crippen molar-refractivity contribution in [1.29, 1.82) is 0 Å². The SMILES string of the molecule is Fc1ccc(-c2nnc(CNc3nc(N4CCOCC4)nc4c(Br)cnn34)[nH]2)cc1F. The van der Waals surface area contributed by atoms with E-state index in [0.29, 0.717) is 61.1 Å². The summed E-state index contributed by atoms with van der Waals surface area (Å²) in [6.45, 7) is 2.87. The van der Waals surface area contributed by atoms with Gasteiger partial charge >= 0.3 is 0 Å². The molecule has 2 N–H and O–H groups in total. The maximum atomic E-state index is 13.5. The highest BCUT2D eigenvalue weighted by Gasteiger charge is 2.19. The molecule has 3 aromatic heterocycles.